The molecule has 1 unspecified atom stereocenters. The predicted molar refractivity (Wildman–Crippen MR) is 81.1 cm³/mol. The van der Waals surface area contributed by atoms with E-state index in [1.807, 2.05) is 10.6 Å². The summed E-state index contributed by atoms with van der Waals surface area (Å²) in [6, 6.07) is 4.11. The van der Waals surface area contributed by atoms with Crippen molar-refractivity contribution in [2.45, 2.75) is 12.6 Å². The molecule has 5 nitrogen and oxygen atoms in total. The lowest BCUT2D eigenvalue weighted by molar-refractivity contribution is 0.243. The second-order valence-electron chi connectivity index (χ2n) is 4.84. The lowest BCUT2D eigenvalue weighted by atomic mass is 10.1. The van der Waals surface area contributed by atoms with Crippen molar-refractivity contribution in [3.63, 3.8) is 0 Å². The van der Waals surface area contributed by atoms with Gasteiger partial charge in [-0.15, -0.1) is 0 Å². The van der Waals surface area contributed by atoms with E-state index in [-0.39, 0.29) is 17.7 Å². The lowest BCUT2D eigenvalue weighted by Crippen LogP contribution is -2.24. The molecule has 3 aromatic rings. The fourth-order valence-electron chi connectivity index (χ4n) is 2.27. The van der Waals surface area contributed by atoms with Crippen LogP contribution in [0.25, 0.3) is 5.65 Å². The highest BCUT2D eigenvalue weighted by molar-refractivity contribution is 6.30. The number of rotatable bonds is 5. The number of benzene rings is 1. The third-order valence-corrected chi connectivity index (χ3v) is 3.76. The standard InChI is InChI=1S/C15H14ClFN4O/c16-12-2-1-10(5-13(12)17)14(9-22)19-6-11-7-20-15-8-18-3-4-21(11)15/h1-5,7-8,14,19,22H,6,9H2. The maximum absolute atomic E-state index is 13.5. The molecule has 0 aliphatic heterocycles. The van der Waals surface area contributed by atoms with Crippen molar-refractivity contribution in [1.29, 1.82) is 0 Å². The van der Waals surface area contributed by atoms with Gasteiger partial charge in [0.25, 0.3) is 0 Å². The maximum Gasteiger partial charge on any atom is 0.155 e. The van der Waals surface area contributed by atoms with Gasteiger partial charge in [-0.25, -0.2) is 9.37 Å². The molecule has 3 rings (SSSR count). The quantitative estimate of drug-likeness (QED) is 0.757. The summed E-state index contributed by atoms with van der Waals surface area (Å²) in [4.78, 5) is 8.25. The summed E-state index contributed by atoms with van der Waals surface area (Å²) in [5, 5.41) is 12.8. The molecule has 7 heteroatoms. The van der Waals surface area contributed by atoms with Gasteiger partial charge in [0.05, 0.1) is 35.8 Å². The van der Waals surface area contributed by atoms with Crippen molar-refractivity contribution in [2.75, 3.05) is 6.61 Å². The first-order valence-corrected chi connectivity index (χ1v) is 7.12. The zero-order valence-corrected chi connectivity index (χ0v) is 12.3. The number of fused-ring (bicyclic) bond motifs is 1. The first-order valence-electron chi connectivity index (χ1n) is 6.74. The SMILES string of the molecule is OCC(NCc1cnc2cnccn12)c1ccc(Cl)c(F)c1. The molecule has 1 aromatic carbocycles. The lowest BCUT2D eigenvalue weighted by Gasteiger charge is -2.17. The van der Waals surface area contributed by atoms with Gasteiger partial charge in [0.15, 0.2) is 5.65 Å². The van der Waals surface area contributed by atoms with E-state index in [1.165, 1.54) is 12.1 Å². The Kier molecular flexibility index (Phi) is 4.33. The summed E-state index contributed by atoms with van der Waals surface area (Å²) < 4.78 is 15.4. The third-order valence-electron chi connectivity index (χ3n) is 3.45. The largest absolute Gasteiger partial charge is 0.394 e. The predicted octanol–water partition coefficient (Wildman–Crippen LogP) is 2.34. The summed E-state index contributed by atoms with van der Waals surface area (Å²) in [5.41, 5.74) is 2.31. The number of aliphatic hydroxyl groups is 1. The molecule has 0 amide bonds. The molecule has 0 spiro atoms. The third kappa shape index (κ3) is 2.94. The van der Waals surface area contributed by atoms with Crippen molar-refractivity contribution in [1.82, 2.24) is 19.7 Å². The normalized spacial score (nSPS) is 12.7. The van der Waals surface area contributed by atoms with E-state index in [1.54, 1.807) is 24.7 Å². The number of halogens is 2. The molecule has 0 aliphatic carbocycles. The van der Waals surface area contributed by atoms with Gasteiger partial charge in [0, 0.05) is 18.9 Å². The number of aromatic nitrogens is 3. The number of hydrogen-bond acceptors (Lipinski definition) is 4. The van der Waals surface area contributed by atoms with Crippen LogP contribution in [0.15, 0.2) is 43.0 Å². The van der Waals surface area contributed by atoms with Crippen LogP contribution in [0.5, 0.6) is 0 Å². The summed E-state index contributed by atoms with van der Waals surface area (Å²) in [7, 11) is 0. The van der Waals surface area contributed by atoms with E-state index < -0.39 is 5.82 Å². The van der Waals surface area contributed by atoms with Crippen molar-refractivity contribution in [3.8, 4) is 0 Å². The minimum atomic E-state index is -0.500. The first kappa shape index (κ1) is 14.9. The topological polar surface area (TPSA) is 62.5 Å². The van der Waals surface area contributed by atoms with Gasteiger partial charge in [-0.05, 0) is 17.7 Å². The van der Waals surface area contributed by atoms with Crippen LogP contribution in [0.1, 0.15) is 17.3 Å². The monoisotopic (exact) mass is 320 g/mol. The van der Waals surface area contributed by atoms with E-state index in [0.29, 0.717) is 12.1 Å². The van der Waals surface area contributed by atoms with E-state index >= 15 is 0 Å². The van der Waals surface area contributed by atoms with Gasteiger partial charge in [-0.2, -0.15) is 0 Å². The molecule has 0 saturated heterocycles. The van der Waals surface area contributed by atoms with Crippen LogP contribution in [-0.2, 0) is 6.54 Å². The molecular weight excluding hydrogens is 307 g/mol. The summed E-state index contributed by atoms with van der Waals surface area (Å²) in [6.07, 6.45) is 6.90. The fourth-order valence-corrected chi connectivity index (χ4v) is 2.39. The van der Waals surface area contributed by atoms with Crippen LogP contribution in [-0.4, -0.2) is 26.1 Å². The van der Waals surface area contributed by atoms with Gasteiger partial charge in [-0.1, -0.05) is 17.7 Å². The molecular formula is C15H14ClFN4O. The number of imidazole rings is 1. The van der Waals surface area contributed by atoms with Gasteiger partial charge in [0.1, 0.15) is 5.82 Å². The molecule has 0 saturated carbocycles. The Morgan fingerprint density at radius 2 is 2.23 bits per heavy atom. The van der Waals surface area contributed by atoms with Crippen LogP contribution in [0.2, 0.25) is 5.02 Å². The Labute approximate surface area is 131 Å². The van der Waals surface area contributed by atoms with Crippen molar-refractivity contribution in [3.05, 3.63) is 65.1 Å². The Bertz CT molecular complexity index is 792. The highest BCUT2D eigenvalue weighted by Gasteiger charge is 2.13. The summed E-state index contributed by atoms with van der Waals surface area (Å²) in [6.45, 7) is 0.319. The molecule has 0 radical (unpaired) electrons. The highest BCUT2D eigenvalue weighted by atomic mass is 35.5. The molecule has 2 N–H and O–H groups in total. The van der Waals surface area contributed by atoms with Crippen LogP contribution >= 0.6 is 11.6 Å². The maximum atomic E-state index is 13.5. The molecule has 1 atom stereocenters. The Morgan fingerprint density at radius 3 is 3.00 bits per heavy atom. The van der Waals surface area contributed by atoms with Gasteiger partial charge >= 0.3 is 0 Å². The second kappa shape index (κ2) is 6.39. The molecule has 22 heavy (non-hydrogen) atoms. The Balaban J connectivity index is 1.77. The van der Waals surface area contributed by atoms with E-state index in [0.717, 1.165) is 11.3 Å². The highest BCUT2D eigenvalue weighted by Crippen LogP contribution is 2.20. The Hall–Kier alpha value is -2.02. The first-order chi connectivity index (χ1) is 10.7. The van der Waals surface area contributed by atoms with Gasteiger partial charge in [-0.3, -0.25) is 9.38 Å². The number of hydrogen-bond donors (Lipinski definition) is 2. The van der Waals surface area contributed by atoms with Gasteiger partial charge < -0.3 is 10.4 Å². The van der Waals surface area contributed by atoms with Crippen LogP contribution < -0.4 is 5.32 Å². The zero-order chi connectivity index (χ0) is 15.5. The Morgan fingerprint density at radius 1 is 1.36 bits per heavy atom. The molecule has 0 aliphatic rings. The average molecular weight is 321 g/mol. The minimum absolute atomic E-state index is 0.0646. The van der Waals surface area contributed by atoms with Crippen molar-refractivity contribution < 1.29 is 9.50 Å². The fraction of sp³-hybridized carbons (Fsp3) is 0.200. The van der Waals surface area contributed by atoms with Crippen LogP contribution in [0.4, 0.5) is 4.39 Å². The summed E-state index contributed by atoms with van der Waals surface area (Å²) in [5.74, 6) is -0.500. The molecule has 0 fully saturated rings. The van der Waals surface area contributed by atoms with Crippen molar-refractivity contribution in [2.24, 2.45) is 0 Å². The van der Waals surface area contributed by atoms with E-state index in [4.69, 9.17) is 11.6 Å². The van der Waals surface area contributed by atoms with Crippen LogP contribution in [0.3, 0.4) is 0 Å². The van der Waals surface area contributed by atoms with Gasteiger partial charge in [0.2, 0.25) is 0 Å². The molecule has 0 bridgehead atoms. The zero-order valence-electron chi connectivity index (χ0n) is 11.6. The number of aliphatic hydroxyl groups excluding tert-OH is 1. The smallest absolute Gasteiger partial charge is 0.155 e. The minimum Gasteiger partial charge on any atom is -0.394 e. The number of nitrogens with one attached hydrogen (secondary N) is 1. The van der Waals surface area contributed by atoms with Crippen LogP contribution in [0, 0.1) is 5.82 Å². The summed E-state index contributed by atoms with van der Waals surface area (Å²) >= 11 is 5.68. The number of nitrogens with zero attached hydrogens (tertiary/aromatic N) is 3. The average Bonchev–Trinajstić information content (AvgIpc) is 2.95. The second-order valence-corrected chi connectivity index (χ2v) is 5.25. The molecule has 114 valence electrons. The van der Waals surface area contributed by atoms with Crippen molar-refractivity contribution >= 4 is 17.2 Å². The van der Waals surface area contributed by atoms with E-state index in [9.17, 15) is 9.50 Å². The molecule has 2 heterocycles. The van der Waals surface area contributed by atoms with E-state index in [2.05, 4.69) is 15.3 Å². The molecule has 2 aromatic heterocycles.